The third kappa shape index (κ3) is 15.3. The Morgan fingerprint density at radius 3 is 1.74 bits per heavy atom. The number of ether oxygens (including phenoxy) is 5. The lowest BCUT2D eigenvalue weighted by Crippen LogP contribution is -2.12. The highest BCUT2D eigenvalue weighted by Gasteiger charge is 1.98. The Bertz CT molecular complexity index is 198. The van der Waals surface area contributed by atoms with Gasteiger partial charge in [0.05, 0.1) is 46.8 Å². The van der Waals surface area contributed by atoms with Gasteiger partial charge in [-0.15, -0.1) is 0 Å². The minimum atomic E-state index is -0.205. The Balaban J connectivity index is 2.97. The van der Waals surface area contributed by atoms with Crippen LogP contribution in [0.15, 0.2) is 0 Å². The van der Waals surface area contributed by atoms with Gasteiger partial charge in [0, 0.05) is 19.6 Å². The average molecular weight is 278 g/mol. The summed E-state index contributed by atoms with van der Waals surface area (Å²) in [6.07, 6.45) is 1.07. The van der Waals surface area contributed by atoms with E-state index in [4.69, 9.17) is 18.9 Å². The molecular formula is C13H26O6. The molecule has 0 bridgehead atoms. The van der Waals surface area contributed by atoms with Crippen LogP contribution in [0.4, 0.5) is 0 Å². The number of rotatable bonds is 14. The average Bonchev–Trinajstić information content (AvgIpc) is 2.43. The standard InChI is InChI=1S/C13H26O6/c1-3-16-7-8-18-11-12-19-10-9-17-6-4-5-13(14)15-2/h3-12H2,1-2H3. The molecule has 0 aromatic heterocycles. The van der Waals surface area contributed by atoms with E-state index in [9.17, 15) is 4.79 Å². The van der Waals surface area contributed by atoms with Gasteiger partial charge in [-0.25, -0.2) is 0 Å². The van der Waals surface area contributed by atoms with Gasteiger partial charge in [-0.3, -0.25) is 4.79 Å². The summed E-state index contributed by atoms with van der Waals surface area (Å²) in [7, 11) is 1.38. The van der Waals surface area contributed by atoms with Crippen molar-refractivity contribution < 1.29 is 28.5 Å². The van der Waals surface area contributed by atoms with Gasteiger partial charge >= 0.3 is 5.97 Å². The first-order chi connectivity index (χ1) is 9.31. The molecule has 0 saturated carbocycles. The molecule has 6 heteroatoms. The molecule has 0 amide bonds. The van der Waals surface area contributed by atoms with Gasteiger partial charge in [-0.1, -0.05) is 0 Å². The minimum Gasteiger partial charge on any atom is -0.469 e. The second kappa shape index (κ2) is 15.4. The van der Waals surface area contributed by atoms with Crippen molar-refractivity contribution in [3.63, 3.8) is 0 Å². The summed E-state index contributed by atoms with van der Waals surface area (Å²) in [6, 6.07) is 0. The fourth-order valence-electron chi connectivity index (χ4n) is 1.22. The van der Waals surface area contributed by atoms with Crippen LogP contribution < -0.4 is 0 Å². The molecule has 0 aliphatic heterocycles. The molecule has 6 nitrogen and oxygen atoms in total. The molecule has 0 heterocycles. The summed E-state index contributed by atoms with van der Waals surface area (Å²) in [4.78, 5) is 10.8. The van der Waals surface area contributed by atoms with E-state index in [2.05, 4.69) is 4.74 Å². The van der Waals surface area contributed by atoms with Crippen LogP contribution in [0.5, 0.6) is 0 Å². The van der Waals surface area contributed by atoms with Gasteiger partial charge in [0.2, 0.25) is 0 Å². The fourth-order valence-corrected chi connectivity index (χ4v) is 1.22. The number of esters is 1. The van der Waals surface area contributed by atoms with Crippen LogP contribution in [0, 0.1) is 0 Å². The zero-order valence-electron chi connectivity index (χ0n) is 12.0. The van der Waals surface area contributed by atoms with Crippen molar-refractivity contribution in [3.8, 4) is 0 Å². The summed E-state index contributed by atoms with van der Waals surface area (Å²) < 4.78 is 25.5. The van der Waals surface area contributed by atoms with Crippen molar-refractivity contribution in [1.29, 1.82) is 0 Å². The van der Waals surface area contributed by atoms with Crippen LogP contribution >= 0.6 is 0 Å². The molecule has 0 aromatic carbocycles. The Labute approximate surface area is 115 Å². The molecule has 0 aromatic rings. The Morgan fingerprint density at radius 2 is 1.26 bits per heavy atom. The highest BCUT2D eigenvalue weighted by molar-refractivity contribution is 5.68. The van der Waals surface area contributed by atoms with Crippen LogP contribution in [0.1, 0.15) is 19.8 Å². The first-order valence-electron chi connectivity index (χ1n) is 6.69. The molecule has 0 spiro atoms. The van der Waals surface area contributed by atoms with Gasteiger partial charge in [-0.05, 0) is 13.3 Å². The summed E-state index contributed by atoms with van der Waals surface area (Å²) in [5.41, 5.74) is 0. The maximum Gasteiger partial charge on any atom is 0.305 e. The summed E-state index contributed by atoms with van der Waals surface area (Å²) in [5, 5.41) is 0. The molecule has 0 radical (unpaired) electrons. The summed E-state index contributed by atoms with van der Waals surface area (Å²) in [5.74, 6) is -0.205. The van der Waals surface area contributed by atoms with Gasteiger partial charge in [-0.2, -0.15) is 0 Å². The third-order valence-electron chi connectivity index (χ3n) is 2.22. The van der Waals surface area contributed by atoms with Crippen molar-refractivity contribution in [2.75, 3.05) is 60.0 Å². The Morgan fingerprint density at radius 1 is 0.789 bits per heavy atom. The molecule has 0 N–H and O–H groups in total. The van der Waals surface area contributed by atoms with Crippen LogP contribution in [-0.4, -0.2) is 65.9 Å². The van der Waals surface area contributed by atoms with Crippen molar-refractivity contribution in [2.24, 2.45) is 0 Å². The maximum atomic E-state index is 10.8. The zero-order valence-corrected chi connectivity index (χ0v) is 12.0. The second-order valence-electron chi connectivity index (χ2n) is 3.71. The highest BCUT2D eigenvalue weighted by atomic mass is 16.6. The van der Waals surface area contributed by atoms with E-state index < -0.39 is 0 Å². The van der Waals surface area contributed by atoms with Gasteiger partial charge < -0.3 is 23.7 Å². The topological polar surface area (TPSA) is 63.2 Å². The molecule has 0 rings (SSSR count). The van der Waals surface area contributed by atoms with Crippen LogP contribution in [-0.2, 0) is 28.5 Å². The first-order valence-corrected chi connectivity index (χ1v) is 6.69. The van der Waals surface area contributed by atoms with E-state index in [1.54, 1.807) is 0 Å². The second-order valence-corrected chi connectivity index (χ2v) is 3.71. The zero-order chi connectivity index (χ0) is 14.2. The van der Waals surface area contributed by atoms with Crippen molar-refractivity contribution in [3.05, 3.63) is 0 Å². The maximum absolute atomic E-state index is 10.8. The van der Waals surface area contributed by atoms with Crippen LogP contribution in [0.3, 0.4) is 0 Å². The molecule has 0 aliphatic rings. The smallest absolute Gasteiger partial charge is 0.305 e. The monoisotopic (exact) mass is 278 g/mol. The molecular weight excluding hydrogens is 252 g/mol. The molecule has 0 atom stereocenters. The normalized spacial score (nSPS) is 10.6. The number of carbonyl (C=O) groups is 1. The Hall–Kier alpha value is -0.690. The van der Waals surface area contributed by atoms with Gasteiger partial charge in [0.15, 0.2) is 0 Å². The molecule has 0 saturated heterocycles. The molecule has 0 unspecified atom stereocenters. The lowest BCUT2D eigenvalue weighted by molar-refractivity contribution is -0.141. The number of hydrogen-bond acceptors (Lipinski definition) is 6. The summed E-state index contributed by atoms with van der Waals surface area (Å²) in [6.45, 7) is 6.62. The van der Waals surface area contributed by atoms with Gasteiger partial charge in [0.1, 0.15) is 0 Å². The largest absolute Gasteiger partial charge is 0.469 e. The SMILES string of the molecule is CCOCCOCCOCCOCCCC(=O)OC. The Kier molecular flexibility index (Phi) is 14.8. The fraction of sp³-hybridized carbons (Fsp3) is 0.923. The molecule has 0 aliphatic carbocycles. The first kappa shape index (κ1) is 18.3. The molecule has 19 heavy (non-hydrogen) atoms. The summed E-state index contributed by atoms with van der Waals surface area (Å²) >= 11 is 0. The molecule has 114 valence electrons. The van der Waals surface area contributed by atoms with Crippen LogP contribution in [0.2, 0.25) is 0 Å². The lowest BCUT2D eigenvalue weighted by atomic mass is 10.3. The van der Waals surface area contributed by atoms with Crippen molar-refractivity contribution in [1.82, 2.24) is 0 Å². The van der Waals surface area contributed by atoms with E-state index in [1.807, 2.05) is 6.92 Å². The minimum absolute atomic E-state index is 0.205. The number of carbonyl (C=O) groups excluding carboxylic acids is 1. The number of hydrogen-bond donors (Lipinski definition) is 0. The van der Waals surface area contributed by atoms with Gasteiger partial charge in [0.25, 0.3) is 0 Å². The van der Waals surface area contributed by atoms with E-state index in [0.717, 1.165) is 0 Å². The third-order valence-corrected chi connectivity index (χ3v) is 2.22. The predicted octanol–water partition coefficient (Wildman–Crippen LogP) is 1.03. The lowest BCUT2D eigenvalue weighted by Gasteiger charge is -2.06. The van der Waals surface area contributed by atoms with E-state index in [1.165, 1.54) is 7.11 Å². The predicted molar refractivity (Wildman–Crippen MR) is 70.2 cm³/mol. The van der Waals surface area contributed by atoms with Crippen molar-refractivity contribution >= 4 is 5.97 Å². The number of methoxy groups -OCH3 is 1. The van der Waals surface area contributed by atoms with Crippen LogP contribution in [0.25, 0.3) is 0 Å². The van der Waals surface area contributed by atoms with E-state index >= 15 is 0 Å². The highest BCUT2D eigenvalue weighted by Crippen LogP contribution is 1.92. The van der Waals surface area contributed by atoms with E-state index in [-0.39, 0.29) is 5.97 Å². The molecule has 0 fully saturated rings. The quantitative estimate of drug-likeness (QED) is 0.349. The van der Waals surface area contributed by atoms with E-state index in [0.29, 0.717) is 65.7 Å². The van der Waals surface area contributed by atoms with Crippen molar-refractivity contribution in [2.45, 2.75) is 19.8 Å².